The molecule has 0 spiro atoms. The third-order valence-electron chi connectivity index (χ3n) is 2.88. The van der Waals surface area contributed by atoms with E-state index in [2.05, 4.69) is 10.2 Å². The Morgan fingerprint density at radius 1 is 1.50 bits per heavy atom. The molecule has 1 aliphatic heterocycles. The van der Waals surface area contributed by atoms with Crippen molar-refractivity contribution >= 4 is 11.9 Å². The molecule has 1 heterocycles. The predicted molar refractivity (Wildman–Crippen MR) is 60.1 cm³/mol. The van der Waals surface area contributed by atoms with Gasteiger partial charge in [0, 0.05) is 19.5 Å². The summed E-state index contributed by atoms with van der Waals surface area (Å²) < 4.78 is 0. The van der Waals surface area contributed by atoms with Gasteiger partial charge in [-0.1, -0.05) is 0 Å². The summed E-state index contributed by atoms with van der Waals surface area (Å²) in [4.78, 5) is 23.8. The van der Waals surface area contributed by atoms with Crippen LogP contribution in [0.3, 0.4) is 0 Å². The molecule has 5 nitrogen and oxygen atoms in total. The van der Waals surface area contributed by atoms with E-state index in [-0.39, 0.29) is 12.3 Å². The highest BCUT2D eigenvalue weighted by Crippen LogP contribution is 2.20. The normalized spacial score (nSPS) is 20.9. The van der Waals surface area contributed by atoms with Gasteiger partial charge in [0.1, 0.15) is 0 Å². The highest BCUT2D eigenvalue weighted by molar-refractivity contribution is 5.77. The summed E-state index contributed by atoms with van der Waals surface area (Å²) in [6.07, 6.45) is 1.97. The van der Waals surface area contributed by atoms with Gasteiger partial charge < -0.3 is 10.4 Å². The van der Waals surface area contributed by atoms with Crippen molar-refractivity contribution in [2.24, 2.45) is 5.92 Å². The number of carboxylic acids is 1. The molecule has 16 heavy (non-hydrogen) atoms. The first-order valence-electron chi connectivity index (χ1n) is 5.82. The van der Waals surface area contributed by atoms with Gasteiger partial charge in [0.05, 0.1) is 6.54 Å². The van der Waals surface area contributed by atoms with E-state index in [4.69, 9.17) is 5.11 Å². The number of carbonyl (C=O) groups excluding carboxylic acids is 1. The summed E-state index contributed by atoms with van der Waals surface area (Å²) in [6.45, 7) is 4.76. The Hall–Kier alpha value is -1.10. The lowest BCUT2D eigenvalue weighted by atomic mass is 10.0. The molecular weight excluding hydrogens is 208 g/mol. The molecule has 0 aliphatic carbocycles. The second-order valence-electron chi connectivity index (χ2n) is 4.28. The molecule has 0 aromatic heterocycles. The van der Waals surface area contributed by atoms with Crippen LogP contribution < -0.4 is 5.32 Å². The van der Waals surface area contributed by atoms with Gasteiger partial charge in [0.25, 0.3) is 0 Å². The van der Waals surface area contributed by atoms with Gasteiger partial charge in [0.2, 0.25) is 5.91 Å². The SMILES string of the molecule is CCNC(=O)CN1CCC(CCC(=O)O)C1. The van der Waals surface area contributed by atoms with E-state index >= 15 is 0 Å². The van der Waals surface area contributed by atoms with E-state index in [0.717, 1.165) is 25.9 Å². The van der Waals surface area contributed by atoms with Crippen molar-refractivity contribution in [2.45, 2.75) is 26.2 Å². The van der Waals surface area contributed by atoms with Gasteiger partial charge in [-0.3, -0.25) is 14.5 Å². The lowest BCUT2D eigenvalue weighted by Crippen LogP contribution is -2.35. The maximum atomic E-state index is 11.3. The van der Waals surface area contributed by atoms with E-state index < -0.39 is 5.97 Å². The van der Waals surface area contributed by atoms with Gasteiger partial charge in [-0.25, -0.2) is 0 Å². The number of hydrogen-bond donors (Lipinski definition) is 2. The fourth-order valence-electron chi connectivity index (χ4n) is 2.08. The zero-order valence-corrected chi connectivity index (χ0v) is 9.74. The Balaban J connectivity index is 2.19. The average Bonchev–Trinajstić information content (AvgIpc) is 2.63. The molecule has 1 aliphatic rings. The number of carbonyl (C=O) groups is 2. The first kappa shape index (κ1) is 13.0. The van der Waals surface area contributed by atoms with Crippen molar-refractivity contribution in [1.82, 2.24) is 10.2 Å². The number of carboxylic acid groups (broad SMARTS) is 1. The molecule has 92 valence electrons. The summed E-state index contributed by atoms with van der Waals surface area (Å²) in [5, 5.41) is 11.3. The van der Waals surface area contributed by atoms with E-state index in [9.17, 15) is 9.59 Å². The third-order valence-corrected chi connectivity index (χ3v) is 2.88. The number of nitrogens with zero attached hydrogens (tertiary/aromatic N) is 1. The highest BCUT2D eigenvalue weighted by atomic mass is 16.4. The minimum atomic E-state index is -0.734. The molecule has 0 bridgehead atoms. The Kier molecular flexibility index (Phi) is 5.25. The lowest BCUT2D eigenvalue weighted by Gasteiger charge is -2.14. The maximum Gasteiger partial charge on any atom is 0.303 e. The molecule has 1 fully saturated rings. The van der Waals surface area contributed by atoms with Crippen molar-refractivity contribution in [3.8, 4) is 0 Å². The Labute approximate surface area is 95.8 Å². The van der Waals surface area contributed by atoms with Crippen LogP contribution in [0.15, 0.2) is 0 Å². The number of amides is 1. The van der Waals surface area contributed by atoms with Gasteiger partial charge in [0.15, 0.2) is 0 Å². The molecule has 1 amide bonds. The van der Waals surface area contributed by atoms with Crippen molar-refractivity contribution < 1.29 is 14.7 Å². The fraction of sp³-hybridized carbons (Fsp3) is 0.818. The van der Waals surface area contributed by atoms with Crippen LogP contribution in [0.4, 0.5) is 0 Å². The molecule has 1 atom stereocenters. The predicted octanol–water partition coefficient (Wildman–Crippen LogP) is 0.309. The summed E-state index contributed by atoms with van der Waals surface area (Å²) in [7, 11) is 0. The number of rotatable bonds is 6. The average molecular weight is 228 g/mol. The number of aliphatic carboxylic acids is 1. The molecule has 0 aromatic carbocycles. The van der Waals surface area contributed by atoms with Crippen molar-refractivity contribution in [3.05, 3.63) is 0 Å². The largest absolute Gasteiger partial charge is 0.481 e. The Morgan fingerprint density at radius 3 is 2.88 bits per heavy atom. The minimum Gasteiger partial charge on any atom is -0.481 e. The topological polar surface area (TPSA) is 69.6 Å². The van der Waals surface area contributed by atoms with Crippen LogP contribution in [0.5, 0.6) is 0 Å². The maximum absolute atomic E-state index is 11.3. The Bertz CT molecular complexity index is 256. The summed E-state index contributed by atoms with van der Waals surface area (Å²) >= 11 is 0. The summed E-state index contributed by atoms with van der Waals surface area (Å²) in [5.41, 5.74) is 0. The second-order valence-corrected chi connectivity index (χ2v) is 4.28. The minimum absolute atomic E-state index is 0.0568. The fourth-order valence-corrected chi connectivity index (χ4v) is 2.08. The lowest BCUT2D eigenvalue weighted by molar-refractivity contribution is -0.137. The van der Waals surface area contributed by atoms with Crippen LogP contribution in [0, 0.1) is 5.92 Å². The number of hydrogen-bond acceptors (Lipinski definition) is 3. The molecule has 2 N–H and O–H groups in total. The van der Waals surface area contributed by atoms with Gasteiger partial charge in [-0.05, 0) is 32.2 Å². The first-order valence-corrected chi connectivity index (χ1v) is 5.82. The quantitative estimate of drug-likeness (QED) is 0.686. The molecule has 1 rings (SSSR count). The second kappa shape index (κ2) is 6.48. The molecule has 1 unspecified atom stereocenters. The van der Waals surface area contributed by atoms with Gasteiger partial charge in [-0.2, -0.15) is 0 Å². The summed E-state index contributed by atoms with van der Waals surface area (Å²) in [6, 6.07) is 0. The van der Waals surface area contributed by atoms with Crippen LogP contribution >= 0.6 is 0 Å². The first-order chi connectivity index (χ1) is 7.61. The van der Waals surface area contributed by atoms with Crippen molar-refractivity contribution in [2.75, 3.05) is 26.2 Å². The van der Waals surface area contributed by atoms with Crippen LogP contribution in [0.25, 0.3) is 0 Å². The van der Waals surface area contributed by atoms with Crippen LogP contribution in [0.1, 0.15) is 26.2 Å². The van der Waals surface area contributed by atoms with Crippen LogP contribution in [-0.4, -0.2) is 48.1 Å². The summed E-state index contributed by atoms with van der Waals surface area (Å²) in [5.74, 6) is -0.242. The van der Waals surface area contributed by atoms with E-state index in [1.54, 1.807) is 0 Å². The molecule has 5 heteroatoms. The third kappa shape index (κ3) is 4.61. The monoisotopic (exact) mass is 228 g/mol. The molecule has 0 aromatic rings. The van der Waals surface area contributed by atoms with Crippen LogP contribution in [-0.2, 0) is 9.59 Å². The van der Waals surface area contributed by atoms with Crippen LogP contribution in [0.2, 0.25) is 0 Å². The van der Waals surface area contributed by atoms with Gasteiger partial charge in [-0.15, -0.1) is 0 Å². The van der Waals surface area contributed by atoms with Crippen molar-refractivity contribution in [3.63, 3.8) is 0 Å². The molecule has 0 radical (unpaired) electrons. The number of likely N-dealkylation sites (tertiary alicyclic amines) is 1. The Morgan fingerprint density at radius 2 is 2.25 bits per heavy atom. The number of nitrogens with one attached hydrogen (secondary N) is 1. The molecule has 1 saturated heterocycles. The standard InChI is InChI=1S/C11H20N2O3/c1-2-12-10(14)8-13-6-5-9(7-13)3-4-11(15)16/h9H,2-8H2,1H3,(H,12,14)(H,15,16). The molecule has 0 saturated carbocycles. The van der Waals surface area contributed by atoms with Gasteiger partial charge >= 0.3 is 5.97 Å². The smallest absolute Gasteiger partial charge is 0.303 e. The zero-order chi connectivity index (χ0) is 12.0. The number of likely N-dealkylation sites (N-methyl/N-ethyl adjacent to an activating group) is 1. The molecular formula is C11H20N2O3. The van der Waals surface area contributed by atoms with Crippen molar-refractivity contribution in [1.29, 1.82) is 0 Å². The highest BCUT2D eigenvalue weighted by Gasteiger charge is 2.23. The zero-order valence-electron chi connectivity index (χ0n) is 9.74. The van der Waals surface area contributed by atoms with E-state index in [1.807, 2.05) is 6.92 Å². The van der Waals surface area contributed by atoms with E-state index in [1.165, 1.54) is 0 Å². The van der Waals surface area contributed by atoms with E-state index in [0.29, 0.717) is 19.0 Å².